The third-order valence-electron chi connectivity index (χ3n) is 1.10. The van der Waals surface area contributed by atoms with E-state index < -0.39 is 0 Å². The Morgan fingerprint density at radius 2 is 2.67 bits per heavy atom. The molecule has 0 atom stereocenters. The molecule has 1 rings (SSSR count). The van der Waals surface area contributed by atoms with Crippen LogP contribution in [0.15, 0.2) is 0 Å². The fourth-order valence-electron chi connectivity index (χ4n) is 0.711. The molecule has 0 N–H and O–H groups in total. The number of rotatable bonds is 2. The van der Waals surface area contributed by atoms with Crippen LogP contribution in [0.25, 0.3) is 0 Å². The first kappa shape index (κ1) is 6.60. The molecule has 2 heteroatoms. The summed E-state index contributed by atoms with van der Waals surface area (Å²) in [6.45, 7) is 1.11. The second-order valence-electron chi connectivity index (χ2n) is 1.82. The van der Waals surface area contributed by atoms with Gasteiger partial charge in [0.25, 0.3) is 0 Å². The van der Waals surface area contributed by atoms with E-state index in [1.165, 1.54) is 0 Å². The van der Waals surface area contributed by atoms with Crippen molar-refractivity contribution in [3.8, 4) is 12.3 Å². The quantitative estimate of drug-likeness (QED) is 0.511. The maximum Gasteiger partial charge on any atom is 0.224 e. The smallest absolute Gasteiger partial charge is 0.224 e. The van der Waals surface area contributed by atoms with Gasteiger partial charge in [0.15, 0.2) is 0 Å². The molecular formula is C7H9O2. The summed E-state index contributed by atoms with van der Waals surface area (Å²) in [6.07, 6.45) is 7.62. The van der Waals surface area contributed by atoms with E-state index in [-0.39, 0.29) is 0 Å². The van der Waals surface area contributed by atoms with Crippen LogP contribution in [0.1, 0.15) is 12.8 Å². The van der Waals surface area contributed by atoms with Crippen molar-refractivity contribution in [1.29, 1.82) is 0 Å². The lowest BCUT2D eigenvalue weighted by Crippen LogP contribution is -2.00. The van der Waals surface area contributed by atoms with Gasteiger partial charge >= 0.3 is 0 Å². The number of hydrogen-bond acceptors (Lipinski definition) is 2. The molecule has 0 bridgehead atoms. The summed E-state index contributed by atoms with van der Waals surface area (Å²) in [7, 11) is 0. The summed E-state index contributed by atoms with van der Waals surface area (Å²) in [5, 5.41) is 0. The highest BCUT2D eigenvalue weighted by atomic mass is 16.7. The Balaban J connectivity index is 2.06. The average molecular weight is 125 g/mol. The minimum absolute atomic E-state index is 0.329. The van der Waals surface area contributed by atoms with E-state index >= 15 is 0 Å². The van der Waals surface area contributed by atoms with Gasteiger partial charge < -0.3 is 9.47 Å². The Bertz CT molecular complexity index is 109. The van der Waals surface area contributed by atoms with Crippen molar-refractivity contribution in [2.24, 2.45) is 0 Å². The van der Waals surface area contributed by atoms with Gasteiger partial charge in [-0.3, -0.25) is 0 Å². The van der Waals surface area contributed by atoms with Crippen molar-refractivity contribution < 1.29 is 9.47 Å². The largest absolute Gasteiger partial charge is 0.345 e. The fourth-order valence-corrected chi connectivity index (χ4v) is 0.711. The normalized spacial score (nSPS) is 19.9. The highest BCUT2D eigenvalue weighted by Gasteiger charge is 2.16. The molecule has 0 spiro atoms. The third kappa shape index (κ3) is 2.05. The molecule has 49 valence electrons. The van der Waals surface area contributed by atoms with Gasteiger partial charge in [0.2, 0.25) is 6.29 Å². The first-order chi connectivity index (χ1) is 4.43. The molecule has 1 heterocycles. The molecular weight excluding hydrogens is 116 g/mol. The van der Waals surface area contributed by atoms with E-state index in [0.717, 1.165) is 19.4 Å². The summed E-state index contributed by atoms with van der Waals surface area (Å²) < 4.78 is 10.1. The zero-order valence-corrected chi connectivity index (χ0v) is 5.22. The second kappa shape index (κ2) is 3.49. The molecule has 1 aliphatic rings. The zero-order valence-electron chi connectivity index (χ0n) is 5.22. The van der Waals surface area contributed by atoms with Crippen molar-refractivity contribution in [3.63, 3.8) is 0 Å². The molecule has 0 amide bonds. The second-order valence-corrected chi connectivity index (χ2v) is 1.82. The van der Waals surface area contributed by atoms with Crippen LogP contribution in [0.2, 0.25) is 0 Å². The van der Waals surface area contributed by atoms with E-state index in [4.69, 9.17) is 15.9 Å². The Labute approximate surface area is 55.1 Å². The Morgan fingerprint density at radius 3 is 3.22 bits per heavy atom. The first-order valence-electron chi connectivity index (χ1n) is 2.98. The summed E-state index contributed by atoms with van der Waals surface area (Å²) in [4.78, 5) is 0. The Kier molecular flexibility index (Phi) is 2.56. The lowest BCUT2D eigenvalue weighted by atomic mass is 10.4. The summed E-state index contributed by atoms with van der Waals surface area (Å²) in [6, 6.07) is 0. The standard InChI is InChI=1S/C7H9O2/c1-2-5-8-7-4-3-6-9-7/h1H,3-6H2. The summed E-state index contributed by atoms with van der Waals surface area (Å²) in [5.74, 6) is 2.37. The maximum absolute atomic E-state index is 5.05. The van der Waals surface area contributed by atoms with E-state index in [1.54, 1.807) is 0 Å². The van der Waals surface area contributed by atoms with Gasteiger partial charge in [-0.1, -0.05) is 5.92 Å². The molecule has 0 aromatic rings. The minimum Gasteiger partial charge on any atom is -0.345 e. The van der Waals surface area contributed by atoms with Gasteiger partial charge in [-0.05, 0) is 6.42 Å². The summed E-state index contributed by atoms with van der Waals surface area (Å²) in [5.41, 5.74) is 0. The molecule has 0 aromatic heterocycles. The van der Waals surface area contributed by atoms with Gasteiger partial charge in [-0.15, -0.1) is 6.42 Å². The van der Waals surface area contributed by atoms with Crippen LogP contribution in [0.5, 0.6) is 0 Å². The van der Waals surface area contributed by atoms with Crippen LogP contribution in [0, 0.1) is 18.6 Å². The van der Waals surface area contributed by atoms with E-state index in [9.17, 15) is 0 Å². The fraction of sp³-hybridized carbons (Fsp3) is 0.571. The minimum atomic E-state index is 0.329. The highest BCUT2D eigenvalue weighted by molar-refractivity contribution is 4.85. The number of terminal acetylenes is 1. The van der Waals surface area contributed by atoms with Crippen LogP contribution >= 0.6 is 0 Å². The third-order valence-corrected chi connectivity index (χ3v) is 1.10. The number of ether oxygens (including phenoxy) is 2. The highest BCUT2D eigenvalue weighted by Crippen LogP contribution is 2.19. The van der Waals surface area contributed by atoms with E-state index in [2.05, 4.69) is 5.92 Å². The van der Waals surface area contributed by atoms with Crippen molar-refractivity contribution in [2.45, 2.75) is 12.8 Å². The van der Waals surface area contributed by atoms with Crippen LogP contribution in [0.4, 0.5) is 0 Å². The average Bonchev–Trinajstić information content (AvgIpc) is 2.34. The molecule has 1 saturated heterocycles. The Hall–Kier alpha value is -0.520. The maximum atomic E-state index is 5.05. The monoisotopic (exact) mass is 125 g/mol. The molecule has 1 aliphatic heterocycles. The molecule has 2 nitrogen and oxygen atoms in total. The van der Waals surface area contributed by atoms with Crippen molar-refractivity contribution in [1.82, 2.24) is 0 Å². The Morgan fingerprint density at radius 1 is 1.78 bits per heavy atom. The number of hydrogen-bond donors (Lipinski definition) is 0. The molecule has 0 aliphatic carbocycles. The van der Waals surface area contributed by atoms with Gasteiger partial charge in [-0.2, -0.15) is 0 Å². The van der Waals surface area contributed by atoms with Crippen molar-refractivity contribution in [3.05, 3.63) is 6.29 Å². The van der Waals surface area contributed by atoms with E-state index in [1.807, 2.05) is 0 Å². The van der Waals surface area contributed by atoms with Gasteiger partial charge in [0.1, 0.15) is 6.61 Å². The predicted octanol–water partition coefficient (Wildman–Crippen LogP) is 0.936. The topological polar surface area (TPSA) is 18.5 Å². The van der Waals surface area contributed by atoms with Crippen molar-refractivity contribution >= 4 is 0 Å². The lowest BCUT2D eigenvalue weighted by molar-refractivity contribution is -0.00109. The van der Waals surface area contributed by atoms with Crippen molar-refractivity contribution in [2.75, 3.05) is 13.2 Å². The summed E-state index contributed by atoms with van der Waals surface area (Å²) >= 11 is 0. The molecule has 1 radical (unpaired) electrons. The molecule has 0 aromatic carbocycles. The first-order valence-corrected chi connectivity index (χ1v) is 2.98. The SMILES string of the molecule is C#CCO[C]1CCCO1. The zero-order chi connectivity index (χ0) is 6.53. The molecule has 1 fully saturated rings. The van der Waals surface area contributed by atoms with E-state index in [0.29, 0.717) is 12.9 Å². The van der Waals surface area contributed by atoms with Gasteiger partial charge in [-0.25, -0.2) is 0 Å². The van der Waals surface area contributed by atoms with Crippen LogP contribution in [-0.2, 0) is 9.47 Å². The molecule has 0 unspecified atom stereocenters. The lowest BCUT2D eigenvalue weighted by Gasteiger charge is -2.03. The molecule has 9 heavy (non-hydrogen) atoms. The molecule has 0 saturated carbocycles. The van der Waals surface area contributed by atoms with Crippen LogP contribution < -0.4 is 0 Å². The van der Waals surface area contributed by atoms with Crippen LogP contribution in [0.3, 0.4) is 0 Å². The predicted molar refractivity (Wildman–Crippen MR) is 33.2 cm³/mol. The van der Waals surface area contributed by atoms with Gasteiger partial charge in [0, 0.05) is 6.42 Å². The van der Waals surface area contributed by atoms with Gasteiger partial charge in [0.05, 0.1) is 6.61 Å². The van der Waals surface area contributed by atoms with Crippen LogP contribution in [-0.4, -0.2) is 13.2 Å².